The largest absolute Gasteiger partial charge is 0.454 e. The maximum absolute atomic E-state index is 13.3. The molecule has 0 aliphatic rings. The highest BCUT2D eigenvalue weighted by molar-refractivity contribution is 5.75. The quantitative estimate of drug-likeness (QED) is 0.759. The Labute approximate surface area is 96.5 Å². The minimum Gasteiger partial charge on any atom is -0.454 e. The zero-order chi connectivity index (χ0) is 12.3. The Hall–Kier alpha value is -2.23. The normalized spacial score (nSPS) is 10.0. The van der Waals surface area contributed by atoms with Crippen LogP contribution in [0.15, 0.2) is 42.5 Å². The van der Waals surface area contributed by atoms with E-state index in [1.165, 1.54) is 6.07 Å². The third-order valence-electron chi connectivity index (χ3n) is 2.12. The zero-order valence-corrected chi connectivity index (χ0v) is 8.69. The van der Waals surface area contributed by atoms with E-state index < -0.39 is 11.6 Å². The van der Waals surface area contributed by atoms with Gasteiger partial charge in [-0.05, 0) is 24.3 Å². The van der Waals surface area contributed by atoms with E-state index in [0.717, 1.165) is 18.2 Å². The van der Waals surface area contributed by atoms with Gasteiger partial charge in [-0.1, -0.05) is 12.1 Å². The second kappa shape index (κ2) is 4.74. The second-order valence-electron chi connectivity index (χ2n) is 3.37. The predicted octanol–water partition coefficient (Wildman–Crippen LogP) is 3.57. The number of aldehydes is 1. The van der Waals surface area contributed by atoms with Gasteiger partial charge in [-0.3, -0.25) is 4.79 Å². The van der Waals surface area contributed by atoms with Gasteiger partial charge in [-0.2, -0.15) is 0 Å². The average Bonchev–Trinajstić information content (AvgIpc) is 2.34. The monoisotopic (exact) mass is 234 g/mol. The number of carbonyl (C=O) groups is 1. The minimum atomic E-state index is -0.664. The van der Waals surface area contributed by atoms with E-state index in [4.69, 9.17) is 4.74 Å². The molecule has 0 fully saturated rings. The van der Waals surface area contributed by atoms with E-state index >= 15 is 0 Å². The van der Waals surface area contributed by atoms with Gasteiger partial charge >= 0.3 is 0 Å². The van der Waals surface area contributed by atoms with E-state index in [1.807, 2.05) is 0 Å². The van der Waals surface area contributed by atoms with Crippen LogP contribution in [0.5, 0.6) is 11.5 Å². The molecule has 0 aliphatic heterocycles. The molecule has 86 valence electrons. The maximum atomic E-state index is 13.3. The predicted molar refractivity (Wildman–Crippen MR) is 58.3 cm³/mol. The first kappa shape index (κ1) is 11.3. The van der Waals surface area contributed by atoms with Crippen LogP contribution in [0.3, 0.4) is 0 Å². The molecule has 2 aromatic carbocycles. The first-order valence-electron chi connectivity index (χ1n) is 4.87. The van der Waals surface area contributed by atoms with Gasteiger partial charge in [0.05, 0.1) is 0 Å². The molecule has 0 bridgehead atoms. The van der Waals surface area contributed by atoms with Crippen LogP contribution < -0.4 is 4.74 Å². The molecule has 0 radical (unpaired) electrons. The van der Waals surface area contributed by atoms with Crippen molar-refractivity contribution < 1.29 is 18.3 Å². The number of hydrogen-bond acceptors (Lipinski definition) is 2. The van der Waals surface area contributed by atoms with Crippen LogP contribution in [0, 0.1) is 11.6 Å². The van der Waals surface area contributed by atoms with Crippen molar-refractivity contribution >= 4 is 6.29 Å². The third kappa shape index (κ3) is 2.66. The molecule has 17 heavy (non-hydrogen) atoms. The summed E-state index contributed by atoms with van der Waals surface area (Å²) in [5.41, 5.74) is 0.402. The smallest absolute Gasteiger partial charge is 0.165 e. The fraction of sp³-hybridized carbons (Fsp3) is 0. The van der Waals surface area contributed by atoms with Crippen molar-refractivity contribution in [3.05, 3.63) is 59.7 Å². The molecular formula is C13H8F2O2. The van der Waals surface area contributed by atoms with Crippen LogP contribution in [0.2, 0.25) is 0 Å². The molecule has 4 heteroatoms. The maximum Gasteiger partial charge on any atom is 0.165 e. The molecule has 0 heterocycles. The van der Waals surface area contributed by atoms with Crippen molar-refractivity contribution in [1.82, 2.24) is 0 Å². The van der Waals surface area contributed by atoms with Gasteiger partial charge in [0.1, 0.15) is 17.9 Å². The Kier molecular flexibility index (Phi) is 3.14. The van der Waals surface area contributed by atoms with Crippen LogP contribution in [-0.4, -0.2) is 6.29 Å². The van der Waals surface area contributed by atoms with Crippen LogP contribution in [0.25, 0.3) is 0 Å². The first-order chi connectivity index (χ1) is 8.19. The summed E-state index contributed by atoms with van der Waals surface area (Å²) in [6, 6.07) is 9.11. The van der Waals surface area contributed by atoms with E-state index in [-0.39, 0.29) is 11.5 Å². The molecule has 0 atom stereocenters. The van der Waals surface area contributed by atoms with Crippen LogP contribution >= 0.6 is 0 Å². The van der Waals surface area contributed by atoms with Gasteiger partial charge in [0.2, 0.25) is 0 Å². The number of ether oxygens (including phenoxy) is 1. The third-order valence-corrected chi connectivity index (χ3v) is 2.12. The van der Waals surface area contributed by atoms with Crippen molar-refractivity contribution in [2.24, 2.45) is 0 Å². The molecule has 0 saturated carbocycles. The SMILES string of the molecule is O=Cc1cccc(Oc2cc(F)ccc2F)c1. The van der Waals surface area contributed by atoms with E-state index in [2.05, 4.69) is 0 Å². The molecule has 2 aromatic rings. The fourth-order valence-electron chi connectivity index (χ4n) is 1.33. The molecule has 0 spiro atoms. The average molecular weight is 234 g/mol. The highest BCUT2D eigenvalue weighted by atomic mass is 19.1. The molecule has 0 N–H and O–H groups in total. The summed E-state index contributed by atoms with van der Waals surface area (Å²) in [5.74, 6) is -1.19. The van der Waals surface area contributed by atoms with Gasteiger partial charge in [0.15, 0.2) is 11.6 Å². The molecule has 0 saturated heterocycles. The van der Waals surface area contributed by atoms with Crippen molar-refractivity contribution in [1.29, 1.82) is 0 Å². The fourth-order valence-corrected chi connectivity index (χ4v) is 1.33. The minimum absolute atomic E-state index is 0.215. The molecule has 0 unspecified atom stereocenters. The Morgan fingerprint density at radius 1 is 1.06 bits per heavy atom. The van der Waals surface area contributed by atoms with Crippen molar-refractivity contribution in [2.45, 2.75) is 0 Å². The van der Waals surface area contributed by atoms with Gasteiger partial charge in [-0.15, -0.1) is 0 Å². The number of carbonyl (C=O) groups excluding carboxylic acids is 1. The Bertz CT molecular complexity index is 553. The second-order valence-corrected chi connectivity index (χ2v) is 3.37. The molecule has 2 nitrogen and oxygen atoms in total. The van der Waals surface area contributed by atoms with Crippen molar-refractivity contribution in [2.75, 3.05) is 0 Å². The van der Waals surface area contributed by atoms with Crippen LogP contribution in [0.1, 0.15) is 10.4 Å². The summed E-state index contributed by atoms with van der Waals surface area (Å²) in [4.78, 5) is 10.5. The molecule has 2 rings (SSSR count). The number of rotatable bonds is 3. The summed E-state index contributed by atoms with van der Waals surface area (Å²) < 4.78 is 31.3. The molecule has 0 aliphatic carbocycles. The number of benzene rings is 2. The lowest BCUT2D eigenvalue weighted by molar-refractivity contribution is 0.112. The van der Waals surface area contributed by atoms with Gasteiger partial charge < -0.3 is 4.74 Å². The highest BCUT2D eigenvalue weighted by Gasteiger charge is 2.06. The summed E-state index contributed by atoms with van der Waals surface area (Å²) in [6.07, 6.45) is 0.648. The van der Waals surface area contributed by atoms with E-state index in [0.29, 0.717) is 11.8 Å². The molecule has 0 aromatic heterocycles. The Balaban J connectivity index is 2.30. The van der Waals surface area contributed by atoms with E-state index in [1.54, 1.807) is 18.2 Å². The lowest BCUT2D eigenvalue weighted by Gasteiger charge is -2.06. The standard InChI is InChI=1S/C13H8F2O2/c14-10-4-5-12(15)13(7-10)17-11-3-1-2-9(6-11)8-16/h1-8H. The first-order valence-corrected chi connectivity index (χ1v) is 4.87. The van der Waals surface area contributed by atoms with Gasteiger partial charge in [-0.25, -0.2) is 8.78 Å². The van der Waals surface area contributed by atoms with E-state index in [9.17, 15) is 13.6 Å². The summed E-state index contributed by atoms with van der Waals surface area (Å²) in [5, 5.41) is 0. The molecular weight excluding hydrogens is 226 g/mol. The number of halogens is 2. The van der Waals surface area contributed by atoms with Crippen LogP contribution in [0.4, 0.5) is 8.78 Å². The summed E-state index contributed by atoms with van der Waals surface area (Å²) >= 11 is 0. The lowest BCUT2D eigenvalue weighted by atomic mass is 10.2. The van der Waals surface area contributed by atoms with Crippen molar-refractivity contribution in [3.63, 3.8) is 0 Å². The van der Waals surface area contributed by atoms with Crippen molar-refractivity contribution in [3.8, 4) is 11.5 Å². The number of hydrogen-bond donors (Lipinski definition) is 0. The summed E-state index contributed by atoms with van der Waals surface area (Å²) in [7, 11) is 0. The zero-order valence-electron chi connectivity index (χ0n) is 8.69. The van der Waals surface area contributed by atoms with Gasteiger partial charge in [0.25, 0.3) is 0 Å². The molecule has 0 amide bonds. The summed E-state index contributed by atoms with van der Waals surface area (Å²) in [6.45, 7) is 0. The van der Waals surface area contributed by atoms with Crippen LogP contribution in [-0.2, 0) is 0 Å². The van der Waals surface area contributed by atoms with Gasteiger partial charge in [0, 0.05) is 11.6 Å². The highest BCUT2D eigenvalue weighted by Crippen LogP contribution is 2.25. The lowest BCUT2D eigenvalue weighted by Crippen LogP contribution is -1.90. The Morgan fingerprint density at radius 3 is 2.65 bits per heavy atom. The Morgan fingerprint density at radius 2 is 1.88 bits per heavy atom. The topological polar surface area (TPSA) is 26.3 Å².